The highest BCUT2D eigenvalue weighted by Crippen LogP contribution is 2.35. The standard InChI is InChI=1S/C17H23NO3/c1-11(2)13-15(20)21-16(17(3,4)5)18(13)14(19)12-9-7-6-8-10-12/h6-11,13,16H,1-5H3/t13-,16-/m0/s1. The van der Waals surface area contributed by atoms with Crippen LogP contribution in [0.3, 0.4) is 0 Å². The molecule has 0 spiro atoms. The van der Waals surface area contributed by atoms with Crippen molar-refractivity contribution in [1.29, 1.82) is 0 Å². The zero-order valence-electron chi connectivity index (χ0n) is 13.3. The number of nitrogens with zero attached hydrogens (tertiary/aromatic N) is 1. The molecule has 0 bridgehead atoms. The predicted octanol–water partition coefficient (Wildman–Crippen LogP) is 3.08. The van der Waals surface area contributed by atoms with E-state index in [9.17, 15) is 9.59 Å². The van der Waals surface area contributed by atoms with Crippen molar-refractivity contribution < 1.29 is 14.3 Å². The molecule has 114 valence electrons. The van der Waals surface area contributed by atoms with E-state index in [1.807, 2.05) is 52.8 Å². The van der Waals surface area contributed by atoms with E-state index in [2.05, 4.69) is 0 Å². The Morgan fingerprint density at radius 3 is 2.24 bits per heavy atom. The molecule has 4 nitrogen and oxygen atoms in total. The molecule has 1 aromatic carbocycles. The van der Waals surface area contributed by atoms with E-state index in [4.69, 9.17) is 4.74 Å². The molecule has 2 atom stereocenters. The molecule has 1 aliphatic rings. The molecule has 1 saturated heterocycles. The van der Waals surface area contributed by atoms with Crippen LogP contribution in [0.4, 0.5) is 0 Å². The van der Waals surface area contributed by atoms with Gasteiger partial charge >= 0.3 is 5.97 Å². The van der Waals surface area contributed by atoms with Crippen LogP contribution >= 0.6 is 0 Å². The Balaban J connectivity index is 2.43. The Kier molecular flexibility index (Phi) is 4.08. The van der Waals surface area contributed by atoms with Gasteiger partial charge in [0.1, 0.15) is 6.04 Å². The maximum absolute atomic E-state index is 12.9. The second-order valence-corrected chi connectivity index (χ2v) is 6.92. The lowest BCUT2D eigenvalue weighted by Gasteiger charge is -2.35. The summed E-state index contributed by atoms with van der Waals surface area (Å²) < 4.78 is 5.52. The number of benzene rings is 1. The van der Waals surface area contributed by atoms with Gasteiger partial charge in [0.15, 0.2) is 6.23 Å². The summed E-state index contributed by atoms with van der Waals surface area (Å²) in [7, 11) is 0. The maximum atomic E-state index is 12.9. The van der Waals surface area contributed by atoms with Crippen LogP contribution in [0.1, 0.15) is 45.0 Å². The summed E-state index contributed by atoms with van der Waals surface area (Å²) in [6.45, 7) is 9.78. The highest BCUT2D eigenvalue weighted by molar-refractivity contribution is 5.98. The van der Waals surface area contributed by atoms with E-state index in [0.717, 1.165) is 0 Å². The van der Waals surface area contributed by atoms with Crippen LogP contribution in [0.25, 0.3) is 0 Å². The fourth-order valence-electron chi connectivity index (χ4n) is 2.65. The first kappa shape index (κ1) is 15.5. The lowest BCUT2D eigenvalue weighted by Crippen LogP contribution is -2.49. The Hall–Kier alpha value is -1.84. The maximum Gasteiger partial charge on any atom is 0.331 e. The Labute approximate surface area is 126 Å². The number of hydrogen-bond acceptors (Lipinski definition) is 3. The summed E-state index contributed by atoms with van der Waals surface area (Å²) in [5.74, 6) is -0.452. The Morgan fingerprint density at radius 1 is 1.19 bits per heavy atom. The largest absolute Gasteiger partial charge is 0.439 e. The SMILES string of the molecule is CC(C)[C@H]1C(=O)O[C@@H](C(C)(C)C)N1C(=O)c1ccccc1. The molecule has 0 unspecified atom stereocenters. The van der Waals surface area contributed by atoms with Crippen LogP contribution in [0.5, 0.6) is 0 Å². The van der Waals surface area contributed by atoms with Gasteiger partial charge in [-0.25, -0.2) is 4.79 Å². The minimum Gasteiger partial charge on any atom is -0.439 e. The van der Waals surface area contributed by atoms with Crippen molar-refractivity contribution in [1.82, 2.24) is 4.90 Å². The van der Waals surface area contributed by atoms with Crippen molar-refractivity contribution in [2.75, 3.05) is 0 Å². The van der Waals surface area contributed by atoms with Crippen LogP contribution in [0.2, 0.25) is 0 Å². The van der Waals surface area contributed by atoms with Gasteiger partial charge in [0.25, 0.3) is 5.91 Å². The van der Waals surface area contributed by atoms with Crippen molar-refractivity contribution in [3.63, 3.8) is 0 Å². The number of carbonyl (C=O) groups is 2. The normalized spacial score (nSPS) is 22.6. The van der Waals surface area contributed by atoms with Crippen LogP contribution in [0.15, 0.2) is 30.3 Å². The molecular formula is C17H23NO3. The second kappa shape index (κ2) is 5.51. The lowest BCUT2D eigenvalue weighted by atomic mass is 9.91. The molecule has 0 aromatic heterocycles. The molecule has 21 heavy (non-hydrogen) atoms. The zero-order valence-corrected chi connectivity index (χ0v) is 13.3. The van der Waals surface area contributed by atoms with Crippen molar-refractivity contribution in [3.05, 3.63) is 35.9 Å². The molecule has 2 rings (SSSR count). The second-order valence-electron chi connectivity index (χ2n) is 6.92. The van der Waals surface area contributed by atoms with E-state index >= 15 is 0 Å². The van der Waals surface area contributed by atoms with Crippen molar-refractivity contribution in [2.45, 2.75) is 46.9 Å². The molecular weight excluding hydrogens is 266 g/mol. The first-order valence-corrected chi connectivity index (χ1v) is 7.31. The van der Waals surface area contributed by atoms with Crippen LogP contribution in [0, 0.1) is 11.3 Å². The van der Waals surface area contributed by atoms with Crippen LogP contribution in [-0.4, -0.2) is 29.0 Å². The molecule has 1 aromatic rings. The van der Waals surface area contributed by atoms with Crippen molar-refractivity contribution in [2.24, 2.45) is 11.3 Å². The highest BCUT2D eigenvalue weighted by atomic mass is 16.6. The summed E-state index contributed by atoms with van der Waals surface area (Å²) in [5.41, 5.74) is 0.250. The molecule has 1 heterocycles. The Morgan fingerprint density at radius 2 is 1.76 bits per heavy atom. The predicted molar refractivity (Wildman–Crippen MR) is 80.6 cm³/mol. The van der Waals surface area contributed by atoms with Crippen LogP contribution < -0.4 is 0 Å². The topological polar surface area (TPSA) is 46.6 Å². The van der Waals surface area contributed by atoms with E-state index in [1.54, 1.807) is 17.0 Å². The van der Waals surface area contributed by atoms with Gasteiger partial charge in [0, 0.05) is 11.0 Å². The van der Waals surface area contributed by atoms with E-state index < -0.39 is 12.3 Å². The minimum atomic E-state index is -0.537. The zero-order chi connectivity index (χ0) is 15.8. The summed E-state index contributed by atoms with van der Waals surface area (Å²) in [6.07, 6.45) is -0.537. The molecule has 0 saturated carbocycles. The summed E-state index contributed by atoms with van der Waals surface area (Å²) in [5, 5.41) is 0. The fraction of sp³-hybridized carbons (Fsp3) is 0.529. The molecule has 1 fully saturated rings. The average molecular weight is 289 g/mol. The number of amides is 1. The lowest BCUT2D eigenvalue weighted by molar-refractivity contribution is -0.147. The summed E-state index contributed by atoms with van der Waals surface area (Å²) in [4.78, 5) is 26.7. The Bertz CT molecular complexity index is 531. The first-order valence-electron chi connectivity index (χ1n) is 7.31. The van der Waals surface area contributed by atoms with Gasteiger partial charge < -0.3 is 4.74 Å². The molecule has 0 aliphatic carbocycles. The molecule has 1 amide bonds. The first-order chi connectivity index (χ1) is 9.73. The van der Waals surface area contributed by atoms with Gasteiger partial charge in [0.2, 0.25) is 0 Å². The highest BCUT2D eigenvalue weighted by Gasteiger charge is 2.50. The van der Waals surface area contributed by atoms with Gasteiger partial charge in [-0.1, -0.05) is 52.8 Å². The smallest absolute Gasteiger partial charge is 0.331 e. The number of ether oxygens (including phenoxy) is 1. The van der Waals surface area contributed by atoms with Crippen molar-refractivity contribution >= 4 is 11.9 Å². The van der Waals surface area contributed by atoms with E-state index in [-0.39, 0.29) is 23.2 Å². The van der Waals surface area contributed by atoms with Gasteiger partial charge in [-0.15, -0.1) is 0 Å². The number of rotatable bonds is 2. The molecule has 0 radical (unpaired) electrons. The van der Waals surface area contributed by atoms with Gasteiger partial charge in [0.05, 0.1) is 0 Å². The third-order valence-corrected chi connectivity index (χ3v) is 3.65. The third kappa shape index (κ3) is 2.94. The van der Waals surface area contributed by atoms with Gasteiger partial charge in [-0.2, -0.15) is 0 Å². The fourth-order valence-corrected chi connectivity index (χ4v) is 2.65. The van der Waals surface area contributed by atoms with Gasteiger partial charge in [-0.3, -0.25) is 9.69 Å². The third-order valence-electron chi connectivity index (χ3n) is 3.65. The van der Waals surface area contributed by atoms with E-state index in [1.165, 1.54) is 0 Å². The molecule has 0 N–H and O–H groups in total. The number of esters is 1. The minimum absolute atomic E-state index is 0.0116. The van der Waals surface area contributed by atoms with Crippen molar-refractivity contribution in [3.8, 4) is 0 Å². The molecule has 4 heteroatoms. The summed E-state index contributed by atoms with van der Waals surface area (Å²) in [6, 6.07) is 8.51. The number of hydrogen-bond donors (Lipinski definition) is 0. The van der Waals surface area contributed by atoms with Gasteiger partial charge in [-0.05, 0) is 18.1 Å². The average Bonchev–Trinajstić information content (AvgIpc) is 2.76. The van der Waals surface area contributed by atoms with Crippen LogP contribution in [-0.2, 0) is 9.53 Å². The van der Waals surface area contributed by atoms with E-state index in [0.29, 0.717) is 5.56 Å². The number of carbonyl (C=O) groups excluding carboxylic acids is 2. The molecule has 1 aliphatic heterocycles. The number of cyclic esters (lactones) is 1. The monoisotopic (exact) mass is 289 g/mol. The summed E-state index contributed by atoms with van der Waals surface area (Å²) >= 11 is 0. The quantitative estimate of drug-likeness (QED) is 0.786.